The van der Waals surface area contributed by atoms with Crippen molar-refractivity contribution in [2.24, 2.45) is 17.3 Å². The highest BCUT2D eigenvalue weighted by Crippen LogP contribution is 2.35. The molecule has 0 radical (unpaired) electrons. The highest BCUT2D eigenvalue weighted by molar-refractivity contribution is 5.75. The zero-order chi connectivity index (χ0) is 26.0. The van der Waals surface area contributed by atoms with Gasteiger partial charge in [0, 0.05) is 0 Å². The summed E-state index contributed by atoms with van der Waals surface area (Å²) in [4.78, 5) is 23.4. The number of carboxylic acids is 1. The van der Waals surface area contributed by atoms with Crippen LogP contribution in [0.5, 0.6) is 5.75 Å². The lowest BCUT2D eigenvalue weighted by molar-refractivity contribution is -0.159. The third-order valence-corrected chi connectivity index (χ3v) is 7.09. The van der Waals surface area contributed by atoms with Gasteiger partial charge in [0.05, 0.1) is 11.5 Å². The summed E-state index contributed by atoms with van der Waals surface area (Å²) in [5, 5.41) is 19.9. The Labute approximate surface area is 211 Å². The molecule has 35 heavy (non-hydrogen) atoms. The van der Waals surface area contributed by atoms with Gasteiger partial charge in [0.15, 0.2) is 6.61 Å². The highest BCUT2D eigenvalue weighted by Gasteiger charge is 2.29. The summed E-state index contributed by atoms with van der Waals surface area (Å²) in [7, 11) is 0. The maximum absolute atomic E-state index is 12.4. The quantitative estimate of drug-likeness (QED) is 0.247. The Bertz CT molecular complexity index is 812. The van der Waals surface area contributed by atoms with Gasteiger partial charge >= 0.3 is 11.9 Å². The number of benzene rings is 1. The van der Waals surface area contributed by atoms with Crippen molar-refractivity contribution in [1.29, 1.82) is 0 Å². The number of hydrogen-bond acceptors (Lipinski definition) is 5. The largest absolute Gasteiger partial charge is 0.482 e. The van der Waals surface area contributed by atoms with Crippen LogP contribution in [0.3, 0.4) is 0 Å². The molecule has 0 bridgehead atoms. The molecule has 1 aromatic rings. The van der Waals surface area contributed by atoms with Crippen LogP contribution in [0.4, 0.5) is 0 Å². The highest BCUT2D eigenvalue weighted by atomic mass is 16.5. The van der Waals surface area contributed by atoms with E-state index < -0.39 is 17.5 Å². The van der Waals surface area contributed by atoms with Crippen molar-refractivity contribution in [3.63, 3.8) is 0 Å². The maximum atomic E-state index is 12.4. The number of hydrogen-bond donors (Lipinski definition) is 2. The molecule has 0 spiro atoms. The Morgan fingerprint density at radius 3 is 2.54 bits per heavy atom. The van der Waals surface area contributed by atoms with E-state index in [4.69, 9.17) is 14.6 Å². The molecule has 0 aliphatic heterocycles. The van der Waals surface area contributed by atoms with Crippen LogP contribution < -0.4 is 4.74 Å². The van der Waals surface area contributed by atoms with Gasteiger partial charge in [-0.3, -0.25) is 4.79 Å². The molecule has 2 rings (SSSR count). The smallest absolute Gasteiger partial charge is 0.341 e. The second kappa shape index (κ2) is 13.9. The lowest BCUT2D eigenvalue weighted by Gasteiger charge is -2.30. The number of carboxylic acid groups (broad SMARTS) is 1. The van der Waals surface area contributed by atoms with Crippen LogP contribution in [-0.4, -0.2) is 41.0 Å². The van der Waals surface area contributed by atoms with Gasteiger partial charge in [-0.15, -0.1) is 0 Å². The molecular formula is C29H46O6. The summed E-state index contributed by atoms with van der Waals surface area (Å²) in [6, 6.07) is 5.83. The van der Waals surface area contributed by atoms with Crippen molar-refractivity contribution in [1.82, 2.24) is 0 Å². The minimum atomic E-state index is -0.986. The first-order chi connectivity index (χ1) is 16.5. The van der Waals surface area contributed by atoms with E-state index in [1.807, 2.05) is 32.9 Å². The molecule has 4 atom stereocenters. The van der Waals surface area contributed by atoms with Crippen molar-refractivity contribution in [3.8, 4) is 5.75 Å². The van der Waals surface area contributed by atoms with Crippen molar-refractivity contribution in [2.75, 3.05) is 6.61 Å². The molecule has 0 saturated heterocycles. The first-order valence-corrected chi connectivity index (χ1v) is 13.4. The molecule has 198 valence electrons. The molecule has 0 saturated carbocycles. The van der Waals surface area contributed by atoms with Crippen molar-refractivity contribution in [2.45, 2.75) is 111 Å². The van der Waals surface area contributed by atoms with E-state index >= 15 is 0 Å². The van der Waals surface area contributed by atoms with Crippen LogP contribution in [-0.2, 0) is 27.2 Å². The molecule has 1 aromatic carbocycles. The van der Waals surface area contributed by atoms with E-state index in [0.717, 1.165) is 63.4 Å². The number of carbonyl (C=O) groups is 2. The van der Waals surface area contributed by atoms with Crippen LogP contribution in [0, 0.1) is 17.3 Å². The Morgan fingerprint density at radius 1 is 1.14 bits per heavy atom. The van der Waals surface area contributed by atoms with Crippen LogP contribution in [0.1, 0.15) is 97.1 Å². The van der Waals surface area contributed by atoms with E-state index in [0.29, 0.717) is 18.1 Å². The summed E-state index contributed by atoms with van der Waals surface area (Å²) >= 11 is 0. The third kappa shape index (κ3) is 9.83. The number of aliphatic hydroxyl groups is 1. The molecule has 0 amide bonds. The number of aliphatic hydroxyl groups excluding tert-OH is 1. The van der Waals surface area contributed by atoms with Gasteiger partial charge in [-0.25, -0.2) is 4.79 Å². The topological polar surface area (TPSA) is 93.1 Å². The lowest BCUT2D eigenvalue weighted by Crippen LogP contribution is -2.30. The molecule has 1 aliphatic carbocycles. The second-order valence-electron chi connectivity index (χ2n) is 11.3. The van der Waals surface area contributed by atoms with Crippen LogP contribution >= 0.6 is 0 Å². The number of ether oxygens (including phenoxy) is 2. The Hall–Kier alpha value is -2.08. The number of unbranched alkanes of at least 4 members (excludes halogenated alkanes) is 2. The number of aliphatic carboxylic acids is 1. The van der Waals surface area contributed by atoms with E-state index in [1.165, 1.54) is 5.56 Å². The predicted molar refractivity (Wildman–Crippen MR) is 138 cm³/mol. The molecule has 6 heteroatoms. The fourth-order valence-electron chi connectivity index (χ4n) is 4.73. The zero-order valence-corrected chi connectivity index (χ0v) is 22.3. The van der Waals surface area contributed by atoms with Gasteiger partial charge in [0.2, 0.25) is 0 Å². The minimum absolute atomic E-state index is 0.0987. The van der Waals surface area contributed by atoms with Gasteiger partial charge in [-0.1, -0.05) is 38.8 Å². The van der Waals surface area contributed by atoms with E-state index in [-0.39, 0.29) is 24.6 Å². The number of carbonyl (C=O) groups excluding carboxylic acids is 1. The monoisotopic (exact) mass is 490 g/mol. The maximum Gasteiger partial charge on any atom is 0.341 e. The fourth-order valence-corrected chi connectivity index (χ4v) is 4.73. The van der Waals surface area contributed by atoms with Crippen molar-refractivity contribution >= 4 is 11.9 Å². The summed E-state index contributed by atoms with van der Waals surface area (Å²) in [5.41, 5.74) is 1.77. The summed E-state index contributed by atoms with van der Waals surface area (Å²) in [6.45, 7) is 9.54. The average molecular weight is 491 g/mol. The molecular weight excluding hydrogens is 444 g/mol. The SMILES string of the molecule is CCCCC[C@@H](CCC(C)[C@H](O)C[C@H]1CCc2cccc(OCC(=O)O)c2C1)OC(=O)C(C)(C)C. The fraction of sp³-hybridized carbons (Fsp3) is 0.724. The van der Waals surface area contributed by atoms with Gasteiger partial charge in [0.1, 0.15) is 11.9 Å². The summed E-state index contributed by atoms with van der Waals surface area (Å²) in [5.74, 6) is -0.0624. The summed E-state index contributed by atoms with van der Waals surface area (Å²) in [6.07, 6.45) is 8.63. The summed E-state index contributed by atoms with van der Waals surface area (Å²) < 4.78 is 11.4. The van der Waals surface area contributed by atoms with Crippen LogP contribution in [0.15, 0.2) is 18.2 Å². The number of esters is 1. The minimum Gasteiger partial charge on any atom is -0.482 e. The van der Waals surface area contributed by atoms with Gasteiger partial charge in [0.25, 0.3) is 0 Å². The molecule has 1 unspecified atom stereocenters. The lowest BCUT2D eigenvalue weighted by atomic mass is 9.79. The standard InChI is InChI=1S/C29H46O6/c1-6-7-8-11-23(35-28(33)29(3,4)5)16-13-20(2)25(30)18-21-14-15-22-10-9-12-26(24(22)17-21)34-19-27(31)32/h9-10,12,20-21,23,25,30H,6-8,11,13-19H2,1-5H3,(H,31,32)/t20?,21-,23-,25+/m0/s1. The molecule has 0 aromatic heterocycles. The van der Waals surface area contributed by atoms with E-state index in [1.54, 1.807) is 0 Å². The molecule has 1 aliphatic rings. The molecule has 2 N–H and O–H groups in total. The van der Waals surface area contributed by atoms with Crippen molar-refractivity contribution in [3.05, 3.63) is 29.3 Å². The molecule has 6 nitrogen and oxygen atoms in total. The first-order valence-electron chi connectivity index (χ1n) is 13.4. The number of rotatable bonds is 14. The van der Waals surface area contributed by atoms with Gasteiger partial charge in [-0.05, 0) is 101 Å². The predicted octanol–water partition coefficient (Wildman–Crippen LogP) is 5.96. The Kier molecular flexibility index (Phi) is 11.5. The van der Waals surface area contributed by atoms with Crippen LogP contribution in [0.2, 0.25) is 0 Å². The average Bonchev–Trinajstić information content (AvgIpc) is 2.80. The second-order valence-corrected chi connectivity index (χ2v) is 11.3. The van der Waals surface area contributed by atoms with Gasteiger partial charge < -0.3 is 19.7 Å². The normalized spacial score (nSPS) is 18.3. The molecule has 0 fully saturated rings. The van der Waals surface area contributed by atoms with Crippen molar-refractivity contribution < 1.29 is 29.3 Å². The number of aryl methyl sites for hydroxylation is 1. The number of fused-ring (bicyclic) bond motifs is 1. The van der Waals surface area contributed by atoms with E-state index in [9.17, 15) is 14.7 Å². The molecule has 0 heterocycles. The van der Waals surface area contributed by atoms with E-state index in [2.05, 4.69) is 19.9 Å². The Balaban J connectivity index is 1.91. The van der Waals surface area contributed by atoms with Crippen LogP contribution in [0.25, 0.3) is 0 Å². The third-order valence-electron chi connectivity index (χ3n) is 7.09. The first kappa shape index (κ1) is 29.2. The Morgan fingerprint density at radius 2 is 1.89 bits per heavy atom. The van der Waals surface area contributed by atoms with Gasteiger partial charge in [-0.2, -0.15) is 0 Å². The zero-order valence-electron chi connectivity index (χ0n) is 22.3.